The normalized spacial score (nSPS) is 11.7. The van der Waals surface area contributed by atoms with Crippen molar-refractivity contribution in [2.45, 2.75) is 19.4 Å². The summed E-state index contributed by atoms with van der Waals surface area (Å²) in [6.45, 7) is 3.70. The van der Waals surface area contributed by atoms with Gasteiger partial charge in [-0.25, -0.2) is 0 Å². The Morgan fingerprint density at radius 2 is 1.88 bits per heavy atom. The minimum Gasteiger partial charge on any atom is -0.508 e. The number of hydrogen-bond acceptors (Lipinski definition) is 5. The fraction of sp³-hybridized carbons (Fsp3) is 0.333. The highest BCUT2D eigenvalue weighted by Crippen LogP contribution is 2.25. The number of rotatable bonds is 3. The van der Waals surface area contributed by atoms with Crippen molar-refractivity contribution in [3.63, 3.8) is 0 Å². The molecule has 0 radical (unpaired) electrons. The molecule has 0 aliphatic heterocycles. The molecular weight excluding hydrogens is 220 g/mol. The van der Waals surface area contributed by atoms with Crippen LogP contribution in [-0.4, -0.2) is 22.4 Å². The number of aromatic hydroxyl groups is 1. The van der Waals surface area contributed by atoms with Crippen LogP contribution in [0.1, 0.15) is 19.7 Å². The number of hydrogen-bond donors (Lipinski definition) is 1. The van der Waals surface area contributed by atoms with E-state index in [1.807, 2.05) is 13.8 Å². The summed E-state index contributed by atoms with van der Waals surface area (Å²) in [7, 11) is 1.59. The zero-order valence-electron chi connectivity index (χ0n) is 9.97. The van der Waals surface area contributed by atoms with Crippen molar-refractivity contribution >= 4 is 0 Å². The maximum absolute atomic E-state index is 9.19. The first-order valence-corrected chi connectivity index (χ1v) is 5.21. The molecule has 0 aliphatic carbocycles. The molecule has 1 aromatic carbocycles. The summed E-state index contributed by atoms with van der Waals surface area (Å²) in [5.41, 5.74) is 0.173. The summed E-state index contributed by atoms with van der Waals surface area (Å²) >= 11 is 0. The van der Waals surface area contributed by atoms with E-state index in [-0.39, 0.29) is 5.75 Å². The van der Waals surface area contributed by atoms with E-state index in [4.69, 9.17) is 9.26 Å². The van der Waals surface area contributed by atoms with Crippen molar-refractivity contribution in [2.75, 3.05) is 7.11 Å². The van der Waals surface area contributed by atoms with E-state index in [0.717, 1.165) is 5.56 Å². The van der Waals surface area contributed by atoms with Crippen LogP contribution in [0.25, 0.3) is 11.4 Å². The molecule has 90 valence electrons. The van der Waals surface area contributed by atoms with Crippen LogP contribution in [0.3, 0.4) is 0 Å². The number of benzene rings is 1. The number of methoxy groups -OCH3 is 1. The molecule has 5 nitrogen and oxygen atoms in total. The quantitative estimate of drug-likeness (QED) is 0.882. The maximum Gasteiger partial charge on any atom is 0.258 e. The van der Waals surface area contributed by atoms with Crippen LogP contribution in [0, 0.1) is 0 Å². The van der Waals surface area contributed by atoms with Gasteiger partial charge in [-0.2, -0.15) is 4.98 Å². The van der Waals surface area contributed by atoms with E-state index in [9.17, 15) is 5.11 Å². The third-order valence-corrected chi connectivity index (χ3v) is 2.58. The summed E-state index contributed by atoms with van der Waals surface area (Å²) in [4.78, 5) is 4.27. The van der Waals surface area contributed by atoms with Gasteiger partial charge in [0.2, 0.25) is 5.82 Å². The second kappa shape index (κ2) is 4.18. The van der Waals surface area contributed by atoms with Gasteiger partial charge in [0.05, 0.1) is 0 Å². The molecule has 1 aromatic heterocycles. The lowest BCUT2D eigenvalue weighted by Gasteiger charge is -2.16. The van der Waals surface area contributed by atoms with Crippen LogP contribution in [0.15, 0.2) is 28.8 Å². The van der Waals surface area contributed by atoms with E-state index in [0.29, 0.717) is 11.7 Å². The molecule has 5 heteroatoms. The number of nitrogens with zero attached hydrogens (tertiary/aromatic N) is 2. The molecule has 1 N–H and O–H groups in total. The van der Waals surface area contributed by atoms with Crippen LogP contribution < -0.4 is 0 Å². The Morgan fingerprint density at radius 1 is 1.24 bits per heavy atom. The van der Waals surface area contributed by atoms with E-state index in [1.165, 1.54) is 0 Å². The van der Waals surface area contributed by atoms with Gasteiger partial charge in [0, 0.05) is 12.7 Å². The molecule has 0 amide bonds. The molecule has 0 bridgehead atoms. The SMILES string of the molecule is COC(C)(C)c1nc(-c2ccc(O)cc2)no1. The smallest absolute Gasteiger partial charge is 0.258 e. The molecule has 0 unspecified atom stereocenters. The highest BCUT2D eigenvalue weighted by atomic mass is 16.5. The lowest BCUT2D eigenvalue weighted by molar-refractivity contribution is -0.00786. The standard InChI is InChI=1S/C12H14N2O3/c1-12(2,16-3)11-13-10(14-17-11)8-4-6-9(15)7-5-8/h4-7,15H,1-3H3. The first-order valence-electron chi connectivity index (χ1n) is 5.21. The molecule has 0 saturated carbocycles. The van der Waals surface area contributed by atoms with Crippen molar-refractivity contribution in [1.82, 2.24) is 10.1 Å². The largest absolute Gasteiger partial charge is 0.508 e. The van der Waals surface area contributed by atoms with Crippen molar-refractivity contribution in [3.8, 4) is 17.1 Å². The third kappa shape index (κ3) is 2.29. The lowest BCUT2D eigenvalue weighted by Crippen LogP contribution is -2.19. The summed E-state index contributed by atoms with van der Waals surface area (Å²) in [5, 5.41) is 13.1. The summed E-state index contributed by atoms with van der Waals surface area (Å²) in [6, 6.07) is 6.60. The van der Waals surface area contributed by atoms with Gasteiger partial charge in [0.15, 0.2) is 0 Å². The van der Waals surface area contributed by atoms with Crippen LogP contribution in [0.5, 0.6) is 5.75 Å². The number of phenols is 1. The molecule has 0 spiro atoms. The Bertz CT molecular complexity index is 503. The second-order valence-electron chi connectivity index (χ2n) is 4.18. The Hall–Kier alpha value is -1.88. The van der Waals surface area contributed by atoms with Crippen LogP contribution in [0.4, 0.5) is 0 Å². The van der Waals surface area contributed by atoms with Crippen LogP contribution in [-0.2, 0) is 10.3 Å². The fourth-order valence-electron chi connectivity index (χ4n) is 1.28. The van der Waals surface area contributed by atoms with Gasteiger partial charge in [-0.05, 0) is 38.1 Å². The Balaban J connectivity index is 2.33. The predicted molar refractivity (Wildman–Crippen MR) is 61.4 cm³/mol. The van der Waals surface area contributed by atoms with Gasteiger partial charge in [-0.3, -0.25) is 0 Å². The molecule has 0 saturated heterocycles. The number of phenolic OH excluding ortho intramolecular Hbond substituents is 1. The minimum atomic E-state index is -0.609. The van der Waals surface area contributed by atoms with E-state index in [1.54, 1.807) is 31.4 Å². The van der Waals surface area contributed by atoms with Crippen LogP contribution >= 0.6 is 0 Å². The Kier molecular flexibility index (Phi) is 2.85. The third-order valence-electron chi connectivity index (χ3n) is 2.58. The van der Waals surface area contributed by atoms with Gasteiger partial charge < -0.3 is 14.4 Å². The van der Waals surface area contributed by atoms with E-state index in [2.05, 4.69) is 10.1 Å². The zero-order chi connectivity index (χ0) is 12.5. The van der Waals surface area contributed by atoms with Gasteiger partial charge in [0.1, 0.15) is 11.4 Å². The fourth-order valence-corrected chi connectivity index (χ4v) is 1.28. The molecule has 0 fully saturated rings. The molecule has 2 rings (SSSR count). The van der Waals surface area contributed by atoms with Gasteiger partial charge in [-0.15, -0.1) is 0 Å². The average molecular weight is 234 g/mol. The van der Waals surface area contributed by atoms with Crippen molar-refractivity contribution in [3.05, 3.63) is 30.2 Å². The van der Waals surface area contributed by atoms with E-state index >= 15 is 0 Å². The summed E-state index contributed by atoms with van der Waals surface area (Å²) in [5.74, 6) is 1.10. The Morgan fingerprint density at radius 3 is 2.47 bits per heavy atom. The first kappa shape index (κ1) is 11.6. The molecule has 17 heavy (non-hydrogen) atoms. The van der Waals surface area contributed by atoms with E-state index < -0.39 is 5.60 Å². The highest BCUT2D eigenvalue weighted by Gasteiger charge is 2.27. The van der Waals surface area contributed by atoms with Crippen molar-refractivity contribution in [1.29, 1.82) is 0 Å². The summed E-state index contributed by atoms with van der Waals surface area (Å²) in [6.07, 6.45) is 0. The topological polar surface area (TPSA) is 68.4 Å². The number of aromatic nitrogens is 2. The highest BCUT2D eigenvalue weighted by molar-refractivity contribution is 5.55. The Labute approximate surface area is 99.0 Å². The number of ether oxygens (including phenoxy) is 1. The first-order chi connectivity index (χ1) is 8.03. The van der Waals surface area contributed by atoms with Crippen LogP contribution in [0.2, 0.25) is 0 Å². The van der Waals surface area contributed by atoms with Gasteiger partial charge in [-0.1, -0.05) is 5.16 Å². The maximum atomic E-state index is 9.19. The molecule has 0 aliphatic rings. The van der Waals surface area contributed by atoms with Gasteiger partial charge >= 0.3 is 0 Å². The van der Waals surface area contributed by atoms with Crippen molar-refractivity contribution in [2.24, 2.45) is 0 Å². The predicted octanol–water partition coefficient (Wildman–Crippen LogP) is 2.32. The molecule has 2 aromatic rings. The van der Waals surface area contributed by atoms with Gasteiger partial charge in [0.25, 0.3) is 5.89 Å². The monoisotopic (exact) mass is 234 g/mol. The zero-order valence-corrected chi connectivity index (χ0v) is 9.97. The average Bonchev–Trinajstić information content (AvgIpc) is 2.80. The molecule has 1 heterocycles. The second-order valence-corrected chi connectivity index (χ2v) is 4.18. The lowest BCUT2D eigenvalue weighted by atomic mass is 10.1. The molecular formula is C12H14N2O3. The molecule has 0 atom stereocenters. The summed E-state index contributed by atoms with van der Waals surface area (Å²) < 4.78 is 10.4. The minimum absolute atomic E-state index is 0.203. The van der Waals surface area contributed by atoms with Crippen molar-refractivity contribution < 1.29 is 14.4 Å².